The molecular weight excluding hydrogens is 435 g/mol. The molecule has 170 valence electrons. The molecule has 0 bridgehead atoms. The number of ether oxygens (including phenoxy) is 1. The van der Waals surface area contributed by atoms with E-state index in [1.54, 1.807) is 13.3 Å². The summed E-state index contributed by atoms with van der Waals surface area (Å²) in [5.41, 5.74) is 2.44. The van der Waals surface area contributed by atoms with Gasteiger partial charge in [0.2, 0.25) is 5.91 Å². The van der Waals surface area contributed by atoms with Gasteiger partial charge in [-0.3, -0.25) is 19.6 Å². The van der Waals surface area contributed by atoms with Crippen molar-refractivity contribution in [1.82, 2.24) is 19.7 Å². The molecule has 0 unspecified atom stereocenters. The lowest BCUT2D eigenvalue weighted by atomic mass is 9.89. The molecule has 31 heavy (non-hydrogen) atoms. The van der Waals surface area contributed by atoms with Crippen molar-refractivity contribution in [3.05, 3.63) is 59.9 Å². The molecule has 2 aliphatic rings. The van der Waals surface area contributed by atoms with Crippen LogP contribution in [0.5, 0.6) is 5.75 Å². The standard InChI is InChI=1S/C23H30N4O2.2ClH/c1-25(12-17-5-4-10-24-11-17)16-22(28)27-14-19-13-26(2)23(21(19)15-27)18-6-8-20(29-3)9-7-18;;/h4-11,19,21,23H,12-16H2,1-3H3;2*1H/t19-,21+,23+;;/m0../s1. The molecule has 0 radical (unpaired) electrons. The average Bonchev–Trinajstić information content (AvgIpc) is 3.25. The van der Waals surface area contributed by atoms with Crippen LogP contribution in [-0.2, 0) is 11.3 Å². The van der Waals surface area contributed by atoms with Crippen LogP contribution in [0.25, 0.3) is 0 Å². The summed E-state index contributed by atoms with van der Waals surface area (Å²) in [5.74, 6) is 2.13. The number of nitrogens with zero attached hydrogens (tertiary/aromatic N) is 4. The number of carbonyl (C=O) groups excluding carboxylic acids is 1. The van der Waals surface area contributed by atoms with Gasteiger partial charge in [0, 0.05) is 50.5 Å². The zero-order valence-corrected chi connectivity index (χ0v) is 19.9. The van der Waals surface area contributed by atoms with Gasteiger partial charge >= 0.3 is 0 Å². The molecule has 0 N–H and O–H groups in total. The molecule has 6 nitrogen and oxygen atoms in total. The highest BCUT2D eigenvalue weighted by Gasteiger charge is 2.47. The number of methoxy groups -OCH3 is 1. The van der Waals surface area contributed by atoms with Gasteiger partial charge in [0.15, 0.2) is 0 Å². The van der Waals surface area contributed by atoms with Crippen LogP contribution < -0.4 is 4.74 Å². The van der Waals surface area contributed by atoms with Crippen LogP contribution in [0, 0.1) is 11.8 Å². The van der Waals surface area contributed by atoms with Gasteiger partial charge in [-0.05, 0) is 49.3 Å². The van der Waals surface area contributed by atoms with E-state index in [1.165, 1.54) is 5.56 Å². The van der Waals surface area contributed by atoms with Crippen molar-refractivity contribution in [3.63, 3.8) is 0 Å². The first-order chi connectivity index (χ1) is 14.0. The lowest BCUT2D eigenvalue weighted by molar-refractivity contribution is -0.131. The third-order valence-electron chi connectivity index (χ3n) is 6.29. The fourth-order valence-corrected chi connectivity index (χ4v) is 4.95. The number of halogens is 2. The molecule has 2 aromatic rings. The number of pyridine rings is 1. The molecule has 3 atom stereocenters. The SMILES string of the molecule is COc1ccc([C@@H]2[C@@H]3CN(C(=O)CN(C)Cc4cccnc4)C[C@@H]3CN2C)cc1.Cl.Cl. The van der Waals surface area contributed by atoms with Crippen LogP contribution in [0.2, 0.25) is 0 Å². The van der Waals surface area contributed by atoms with E-state index in [4.69, 9.17) is 4.74 Å². The van der Waals surface area contributed by atoms with Gasteiger partial charge < -0.3 is 9.64 Å². The molecule has 0 spiro atoms. The molecule has 4 rings (SSSR count). The third-order valence-corrected chi connectivity index (χ3v) is 6.29. The molecule has 1 amide bonds. The van der Waals surface area contributed by atoms with Gasteiger partial charge in [-0.2, -0.15) is 0 Å². The summed E-state index contributed by atoms with van der Waals surface area (Å²) < 4.78 is 5.30. The average molecular weight is 467 g/mol. The summed E-state index contributed by atoms with van der Waals surface area (Å²) in [4.78, 5) is 23.7. The Bertz CT molecular complexity index is 837. The summed E-state index contributed by atoms with van der Waals surface area (Å²) in [6, 6.07) is 12.7. The number of carbonyl (C=O) groups is 1. The Kier molecular flexibility index (Phi) is 9.13. The van der Waals surface area contributed by atoms with Crippen LogP contribution in [0.3, 0.4) is 0 Å². The minimum Gasteiger partial charge on any atom is -0.497 e. The lowest BCUT2D eigenvalue weighted by Gasteiger charge is -2.28. The first-order valence-corrected chi connectivity index (χ1v) is 10.2. The molecule has 8 heteroatoms. The van der Waals surface area contributed by atoms with Gasteiger partial charge in [0.25, 0.3) is 0 Å². The topological polar surface area (TPSA) is 48.9 Å². The smallest absolute Gasteiger partial charge is 0.236 e. The minimum absolute atomic E-state index is 0. The van der Waals surface area contributed by atoms with E-state index in [-0.39, 0.29) is 30.7 Å². The molecule has 2 saturated heterocycles. The highest BCUT2D eigenvalue weighted by molar-refractivity contribution is 5.85. The molecule has 2 fully saturated rings. The number of hydrogen-bond donors (Lipinski definition) is 0. The van der Waals surface area contributed by atoms with Gasteiger partial charge in [-0.25, -0.2) is 0 Å². The Morgan fingerprint density at radius 3 is 2.55 bits per heavy atom. The van der Waals surface area contributed by atoms with E-state index in [9.17, 15) is 4.79 Å². The van der Waals surface area contributed by atoms with E-state index in [0.717, 1.165) is 37.5 Å². The maximum Gasteiger partial charge on any atom is 0.236 e. The fraction of sp³-hybridized carbons (Fsp3) is 0.478. The first kappa shape index (κ1) is 25.4. The number of benzene rings is 1. The van der Waals surface area contributed by atoms with E-state index in [0.29, 0.717) is 24.4 Å². The van der Waals surface area contributed by atoms with Gasteiger partial charge in [0.05, 0.1) is 13.7 Å². The van der Waals surface area contributed by atoms with Crippen molar-refractivity contribution in [2.75, 3.05) is 47.4 Å². The molecule has 0 saturated carbocycles. The maximum atomic E-state index is 12.9. The zero-order chi connectivity index (χ0) is 20.4. The van der Waals surface area contributed by atoms with Gasteiger partial charge in [-0.1, -0.05) is 18.2 Å². The van der Waals surface area contributed by atoms with Crippen molar-refractivity contribution < 1.29 is 9.53 Å². The van der Waals surface area contributed by atoms with E-state index < -0.39 is 0 Å². The summed E-state index contributed by atoms with van der Waals surface area (Å²) in [6.07, 6.45) is 3.63. The van der Waals surface area contributed by atoms with Crippen molar-refractivity contribution in [2.24, 2.45) is 11.8 Å². The Balaban J connectivity index is 0.00000171. The number of likely N-dealkylation sites (tertiary alicyclic amines) is 2. The summed E-state index contributed by atoms with van der Waals surface area (Å²) >= 11 is 0. The Morgan fingerprint density at radius 2 is 1.90 bits per heavy atom. The van der Waals surface area contributed by atoms with E-state index >= 15 is 0 Å². The van der Waals surface area contributed by atoms with Crippen LogP contribution in [0.15, 0.2) is 48.8 Å². The molecule has 1 aromatic carbocycles. The minimum atomic E-state index is 0. The van der Waals surface area contributed by atoms with Crippen molar-refractivity contribution in [2.45, 2.75) is 12.6 Å². The highest BCUT2D eigenvalue weighted by atomic mass is 35.5. The predicted molar refractivity (Wildman–Crippen MR) is 127 cm³/mol. The number of aromatic nitrogens is 1. The molecule has 3 heterocycles. The molecule has 1 aromatic heterocycles. The zero-order valence-electron chi connectivity index (χ0n) is 18.3. The molecule has 0 aliphatic carbocycles. The molecular formula is C23H32Cl2N4O2. The van der Waals surface area contributed by atoms with Crippen LogP contribution in [-0.4, -0.2) is 73.0 Å². The quantitative estimate of drug-likeness (QED) is 0.654. The van der Waals surface area contributed by atoms with Crippen molar-refractivity contribution in [3.8, 4) is 5.75 Å². The molecule has 2 aliphatic heterocycles. The number of hydrogen-bond acceptors (Lipinski definition) is 5. The Labute approximate surface area is 197 Å². The monoisotopic (exact) mass is 466 g/mol. The second kappa shape index (κ2) is 11.1. The Morgan fingerprint density at radius 1 is 1.16 bits per heavy atom. The van der Waals surface area contributed by atoms with Crippen molar-refractivity contribution >= 4 is 30.7 Å². The first-order valence-electron chi connectivity index (χ1n) is 10.2. The van der Waals surface area contributed by atoms with E-state index in [2.05, 4.69) is 38.9 Å². The van der Waals surface area contributed by atoms with Crippen molar-refractivity contribution in [1.29, 1.82) is 0 Å². The van der Waals surface area contributed by atoms with E-state index in [1.807, 2.05) is 37.5 Å². The lowest BCUT2D eigenvalue weighted by Crippen LogP contribution is -2.39. The van der Waals surface area contributed by atoms with Crippen LogP contribution >= 0.6 is 24.8 Å². The predicted octanol–water partition coefficient (Wildman–Crippen LogP) is 3.13. The highest BCUT2D eigenvalue weighted by Crippen LogP contribution is 2.44. The Hall–Kier alpha value is -1.86. The number of amides is 1. The summed E-state index contributed by atoms with van der Waals surface area (Å²) in [7, 11) is 5.88. The number of likely N-dealkylation sites (N-methyl/N-ethyl adjacent to an activating group) is 1. The maximum absolute atomic E-state index is 12.9. The van der Waals surface area contributed by atoms with Gasteiger partial charge in [0.1, 0.15) is 5.75 Å². The summed E-state index contributed by atoms with van der Waals surface area (Å²) in [5, 5.41) is 0. The van der Waals surface area contributed by atoms with Crippen LogP contribution in [0.1, 0.15) is 17.2 Å². The largest absolute Gasteiger partial charge is 0.497 e. The number of fused-ring (bicyclic) bond motifs is 1. The second-order valence-electron chi connectivity index (χ2n) is 8.41. The fourth-order valence-electron chi connectivity index (χ4n) is 4.95. The second-order valence-corrected chi connectivity index (χ2v) is 8.41. The number of rotatable bonds is 6. The normalized spacial score (nSPS) is 22.6. The van der Waals surface area contributed by atoms with Crippen LogP contribution in [0.4, 0.5) is 0 Å². The summed E-state index contributed by atoms with van der Waals surface area (Å²) in [6.45, 7) is 3.91. The van der Waals surface area contributed by atoms with Gasteiger partial charge in [-0.15, -0.1) is 24.8 Å². The third kappa shape index (κ3) is 5.69.